The van der Waals surface area contributed by atoms with Gasteiger partial charge in [-0.3, -0.25) is 4.79 Å². The maximum absolute atomic E-state index is 13.0. The van der Waals surface area contributed by atoms with Gasteiger partial charge in [0.05, 0.1) is 31.2 Å². The number of pyridine rings is 1. The molecular formula is C32H31N3O3S. The normalized spacial score (nSPS) is 10.6. The Kier molecular flexibility index (Phi) is 8.90. The summed E-state index contributed by atoms with van der Waals surface area (Å²) in [6.07, 6.45) is 0.817. The highest BCUT2D eigenvalue weighted by Gasteiger charge is 2.19. The topological polar surface area (TPSA) is 84.2 Å². The Labute approximate surface area is 234 Å². The third-order valence-corrected chi connectivity index (χ3v) is 7.46. The molecule has 7 heteroatoms. The summed E-state index contributed by atoms with van der Waals surface area (Å²) in [5, 5.41) is 13.8. The SMILES string of the molecule is CCc1cccc(C)c1NC(=O)CSc1nc(-c2ccc(C)cc2)cc(-c2ccc(OC)c(OC)c2)c1C#N. The summed E-state index contributed by atoms with van der Waals surface area (Å²) in [7, 11) is 3.16. The molecule has 0 atom stereocenters. The van der Waals surface area contributed by atoms with Crippen molar-refractivity contribution < 1.29 is 14.3 Å². The number of nitriles is 1. The molecule has 0 spiro atoms. The van der Waals surface area contributed by atoms with E-state index in [1.807, 2.05) is 80.6 Å². The second-order valence-corrected chi connectivity index (χ2v) is 10.0. The van der Waals surface area contributed by atoms with Crippen LogP contribution in [-0.2, 0) is 11.2 Å². The lowest BCUT2D eigenvalue weighted by molar-refractivity contribution is -0.113. The fourth-order valence-electron chi connectivity index (χ4n) is 4.35. The van der Waals surface area contributed by atoms with Gasteiger partial charge in [0.1, 0.15) is 11.1 Å². The summed E-state index contributed by atoms with van der Waals surface area (Å²) in [5.74, 6) is 1.12. The van der Waals surface area contributed by atoms with Gasteiger partial charge in [-0.2, -0.15) is 5.26 Å². The van der Waals surface area contributed by atoms with Gasteiger partial charge in [0, 0.05) is 16.8 Å². The molecule has 0 radical (unpaired) electrons. The molecule has 4 rings (SSSR count). The third kappa shape index (κ3) is 6.24. The number of hydrogen-bond donors (Lipinski definition) is 1. The molecular weight excluding hydrogens is 506 g/mol. The predicted octanol–water partition coefficient (Wildman–Crippen LogP) is 7.21. The van der Waals surface area contributed by atoms with Crippen LogP contribution in [0.5, 0.6) is 11.5 Å². The number of rotatable bonds is 9. The number of methoxy groups -OCH3 is 2. The molecule has 4 aromatic rings. The zero-order chi connectivity index (χ0) is 27.9. The second kappa shape index (κ2) is 12.5. The Balaban J connectivity index is 1.74. The van der Waals surface area contributed by atoms with Crippen molar-refractivity contribution in [3.63, 3.8) is 0 Å². The molecule has 0 aliphatic rings. The van der Waals surface area contributed by atoms with E-state index < -0.39 is 0 Å². The quantitative estimate of drug-likeness (QED) is 0.227. The van der Waals surface area contributed by atoms with Gasteiger partial charge in [0.15, 0.2) is 11.5 Å². The molecule has 0 saturated heterocycles. The number of anilines is 1. The summed E-state index contributed by atoms with van der Waals surface area (Å²) in [5.41, 5.74) is 7.63. The van der Waals surface area contributed by atoms with E-state index in [4.69, 9.17) is 14.5 Å². The fraction of sp³-hybridized carbons (Fsp3) is 0.219. The monoisotopic (exact) mass is 537 g/mol. The zero-order valence-electron chi connectivity index (χ0n) is 22.8. The van der Waals surface area contributed by atoms with E-state index in [0.717, 1.165) is 39.9 Å². The average molecular weight is 538 g/mol. The minimum Gasteiger partial charge on any atom is -0.493 e. The highest BCUT2D eigenvalue weighted by atomic mass is 32.2. The summed E-state index contributed by atoms with van der Waals surface area (Å²) in [4.78, 5) is 17.9. The number of nitrogens with one attached hydrogen (secondary N) is 1. The number of carbonyl (C=O) groups excluding carboxylic acids is 1. The number of aromatic nitrogens is 1. The standard InChI is InChI=1S/C32H31N3O3S/c1-6-22-9-7-8-21(3)31(22)35-30(36)19-39-32-26(18-33)25(24-14-15-28(37-4)29(16-24)38-5)17-27(34-32)23-12-10-20(2)11-13-23/h7-17H,6,19H2,1-5H3,(H,35,36). The number of nitrogens with zero attached hydrogens (tertiary/aromatic N) is 2. The molecule has 39 heavy (non-hydrogen) atoms. The van der Waals surface area contributed by atoms with Crippen LogP contribution < -0.4 is 14.8 Å². The molecule has 1 N–H and O–H groups in total. The van der Waals surface area contributed by atoms with E-state index in [1.54, 1.807) is 14.2 Å². The Bertz CT molecular complexity index is 1540. The molecule has 0 aliphatic carbocycles. The van der Waals surface area contributed by atoms with Crippen LogP contribution in [-0.4, -0.2) is 30.9 Å². The number of para-hydroxylation sites is 1. The van der Waals surface area contributed by atoms with Crippen LogP contribution in [0.2, 0.25) is 0 Å². The van der Waals surface area contributed by atoms with E-state index >= 15 is 0 Å². The van der Waals surface area contributed by atoms with Gasteiger partial charge < -0.3 is 14.8 Å². The molecule has 6 nitrogen and oxygen atoms in total. The van der Waals surface area contributed by atoms with Crippen LogP contribution in [0.15, 0.2) is 71.8 Å². The Morgan fingerprint density at radius 3 is 2.36 bits per heavy atom. The average Bonchev–Trinajstić information content (AvgIpc) is 2.96. The maximum atomic E-state index is 13.0. The number of hydrogen-bond acceptors (Lipinski definition) is 6. The second-order valence-electron chi connectivity index (χ2n) is 9.08. The van der Waals surface area contributed by atoms with Gasteiger partial charge >= 0.3 is 0 Å². The van der Waals surface area contributed by atoms with Gasteiger partial charge in [-0.25, -0.2) is 4.98 Å². The Morgan fingerprint density at radius 2 is 1.69 bits per heavy atom. The minimum atomic E-state index is -0.150. The predicted molar refractivity (Wildman–Crippen MR) is 158 cm³/mol. The first kappa shape index (κ1) is 27.7. The molecule has 0 saturated carbocycles. The van der Waals surface area contributed by atoms with Gasteiger partial charge in [0.2, 0.25) is 5.91 Å². The largest absolute Gasteiger partial charge is 0.493 e. The minimum absolute atomic E-state index is 0.113. The Hall–Kier alpha value is -4.28. The zero-order valence-corrected chi connectivity index (χ0v) is 23.6. The van der Waals surface area contributed by atoms with Crippen molar-refractivity contribution in [1.82, 2.24) is 4.98 Å². The van der Waals surface area contributed by atoms with Crippen LogP contribution >= 0.6 is 11.8 Å². The highest BCUT2D eigenvalue weighted by Crippen LogP contribution is 2.38. The summed E-state index contributed by atoms with van der Waals surface area (Å²) < 4.78 is 10.9. The van der Waals surface area contributed by atoms with E-state index in [2.05, 4.69) is 18.3 Å². The fourth-order valence-corrected chi connectivity index (χ4v) is 5.15. The van der Waals surface area contributed by atoms with E-state index in [1.165, 1.54) is 11.8 Å². The first-order valence-corrected chi connectivity index (χ1v) is 13.6. The van der Waals surface area contributed by atoms with E-state index in [0.29, 0.717) is 33.3 Å². The van der Waals surface area contributed by atoms with Crippen LogP contribution in [0.3, 0.4) is 0 Å². The highest BCUT2D eigenvalue weighted by molar-refractivity contribution is 8.00. The van der Waals surface area contributed by atoms with E-state index in [9.17, 15) is 10.1 Å². The summed E-state index contributed by atoms with van der Waals surface area (Å²) in [6.45, 7) is 6.08. The molecule has 1 aromatic heterocycles. The summed E-state index contributed by atoms with van der Waals surface area (Å²) in [6, 6.07) is 23.9. The van der Waals surface area contributed by atoms with Crippen LogP contribution in [0.25, 0.3) is 22.4 Å². The van der Waals surface area contributed by atoms with Crippen molar-refractivity contribution in [2.24, 2.45) is 0 Å². The molecule has 1 heterocycles. The smallest absolute Gasteiger partial charge is 0.234 e. The van der Waals surface area contributed by atoms with Gasteiger partial charge in [-0.05, 0) is 55.2 Å². The maximum Gasteiger partial charge on any atom is 0.234 e. The van der Waals surface area contributed by atoms with Gasteiger partial charge in [-0.15, -0.1) is 0 Å². The number of ether oxygens (including phenoxy) is 2. The van der Waals surface area contributed by atoms with Gasteiger partial charge in [-0.1, -0.05) is 72.8 Å². The first-order chi connectivity index (χ1) is 18.9. The molecule has 198 valence electrons. The molecule has 0 unspecified atom stereocenters. The lowest BCUT2D eigenvalue weighted by Gasteiger charge is -2.15. The third-order valence-electron chi connectivity index (χ3n) is 6.48. The molecule has 0 aliphatic heterocycles. The number of benzene rings is 3. The number of amides is 1. The molecule has 0 fully saturated rings. The number of thioether (sulfide) groups is 1. The first-order valence-electron chi connectivity index (χ1n) is 12.6. The molecule has 3 aromatic carbocycles. The van der Waals surface area contributed by atoms with E-state index in [-0.39, 0.29) is 11.7 Å². The van der Waals surface area contributed by atoms with Crippen molar-refractivity contribution >= 4 is 23.4 Å². The van der Waals surface area contributed by atoms with Crippen LogP contribution in [0.4, 0.5) is 5.69 Å². The van der Waals surface area contributed by atoms with Crippen molar-refractivity contribution in [3.05, 3.63) is 89.0 Å². The van der Waals surface area contributed by atoms with Gasteiger partial charge in [0.25, 0.3) is 0 Å². The van der Waals surface area contributed by atoms with Crippen molar-refractivity contribution in [3.8, 4) is 40.0 Å². The lowest BCUT2D eigenvalue weighted by Crippen LogP contribution is -2.16. The molecule has 0 bridgehead atoms. The van der Waals surface area contributed by atoms with Crippen LogP contribution in [0.1, 0.15) is 29.2 Å². The van der Waals surface area contributed by atoms with Crippen molar-refractivity contribution in [2.45, 2.75) is 32.2 Å². The Morgan fingerprint density at radius 1 is 0.974 bits per heavy atom. The number of aryl methyl sites for hydroxylation is 3. The summed E-state index contributed by atoms with van der Waals surface area (Å²) >= 11 is 1.26. The van der Waals surface area contributed by atoms with Crippen molar-refractivity contribution in [1.29, 1.82) is 5.26 Å². The van der Waals surface area contributed by atoms with Crippen LogP contribution in [0, 0.1) is 25.2 Å². The van der Waals surface area contributed by atoms with Crippen molar-refractivity contribution in [2.75, 3.05) is 25.3 Å². The number of carbonyl (C=O) groups is 1. The molecule has 1 amide bonds. The lowest BCUT2D eigenvalue weighted by atomic mass is 9.98.